The largest absolute Gasteiger partial charge is 0.481 e. The van der Waals surface area contributed by atoms with Crippen molar-refractivity contribution in [1.82, 2.24) is 9.55 Å². The molecule has 0 spiro atoms. The molecule has 0 bridgehead atoms. The third-order valence-corrected chi connectivity index (χ3v) is 2.81. The van der Waals surface area contributed by atoms with E-state index >= 15 is 0 Å². The second-order valence-corrected chi connectivity index (χ2v) is 3.84. The van der Waals surface area contributed by atoms with Gasteiger partial charge in [0.05, 0.1) is 0 Å². The summed E-state index contributed by atoms with van der Waals surface area (Å²) in [6.45, 7) is 1.98. The Morgan fingerprint density at radius 1 is 1.71 bits per heavy atom. The number of rotatable bonds is 3. The fourth-order valence-corrected chi connectivity index (χ4v) is 1.91. The minimum atomic E-state index is -0.809. The summed E-state index contributed by atoms with van der Waals surface area (Å²) in [5.74, 6) is -0.115. The molecule has 0 atom stereocenters. The molecule has 0 amide bonds. The zero-order valence-corrected chi connectivity index (χ0v) is 8.23. The van der Waals surface area contributed by atoms with Crippen LogP contribution in [0.1, 0.15) is 36.8 Å². The van der Waals surface area contributed by atoms with Crippen molar-refractivity contribution in [2.75, 3.05) is 0 Å². The van der Waals surface area contributed by atoms with Gasteiger partial charge >= 0.3 is 5.97 Å². The van der Waals surface area contributed by atoms with E-state index in [1.54, 1.807) is 6.20 Å². The van der Waals surface area contributed by atoms with Crippen molar-refractivity contribution < 1.29 is 9.90 Å². The van der Waals surface area contributed by atoms with Gasteiger partial charge in [-0.15, -0.1) is 0 Å². The fraction of sp³-hybridized carbons (Fsp3) is 0.600. The average molecular weight is 194 g/mol. The molecule has 1 aromatic heterocycles. The summed E-state index contributed by atoms with van der Waals surface area (Å²) in [4.78, 5) is 14.7. The quantitative estimate of drug-likeness (QED) is 0.794. The van der Waals surface area contributed by atoms with E-state index < -0.39 is 5.97 Å². The first kappa shape index (κ1) is 9.24. The van der Waals surface area contributed by atoms with Gasteiger partial charge in [-0.1, -0.05) is 0 Å². The summed E-state index contributed by atoms with van der Waals surface area (Å²) in [5.41, 5.74) is 1.07. The zero-order chi connectivity index (χ0) is 10.1. The zero-order valence-electron chi connectivity index (χ0n) is 8.23. The van der Waals surface area contributed by atoms with Crippen molar-refractivity contribution >= 4 is 5.97 Å². The number of aliphatic carboxylic acids is 1. The number of carbonyl (C=O) groups is 1. The van der Waals surface area contributed by atoms with Crippen molar-refractivity contribution in [1.29, 1.82) is 0 Å². The molecular weight excluding hydrogens is 180 g/mol. The molecule has 4 nitrogen and oxygen atoms in total. The molecule has 2 rings (SSSR count). The molecule has 14 heavy (non-hydrogen) atoms. The maximum absolute atomic E-state index is 10.6. The Kier molecular flexibility index (Phi) is 2.27. The number of carboxylic acids is 1. The van der Waals surface area contributed by atoms with Crippen molar-refractivity contribution in [3.8, 4) is 0 Å². The molecule has 1 aliphatic carbocycles. The highest BCUT2D eigenvalue weighted by Crippen LogP contribution is 2.33. The Bertz CT molecular complexity index is 353. The molecule has 0 unspecified atom stereocenters. The second kappa shape index (κ2) is 3.44. The van der Waals surface area contributed by atoms with E-state index in [-0.39, 0.29) is 6.42 Å². The highest BCUT2D eigenvalue weighted by Gasteiger charge is 2.23. The molecule has 0 aliphatic heterocycles. The van der Waals surface area contributed by atoms with Gasteiger partial charge in [-0.3, -0.25) is 4.79 Å². The van der Waals surface area contributed by atoms with Crippen molar-refractivity contribution in [2.45, 2.75) is 38.6 Å². The van der Waals surface area contributed by atoms with E-state index in [1.165, 1.54) is 6.42 Å². The van der Waals surface area contributed by atoms with Gasteiger partial charge in [-0.25, -0.2) is 4.98 Å². The normalized spacial score (nSPS) is 16.6. The van der Waals surface area contributed by atoms with Gasteiger partial charge in [0.15, 0.2) is 0 Å². The molecule has 1 heterocycles. The predicted octanol–water partition coefficient (Wildman–Crippen LogP) is 1.54. The first-order valence-electron chi connectivity index (χ1n) is 4.93. The van der Waals surface area contributed by atoms with Crippen LogP contribution >= 0.6 is 0 Å². The van der Waals surface area contributed by atoms with Crippen LogP contribution in [-0.2, 0) is 11.2 Å². The van der Waals surface area contributed by atoms with Gasteiger partial charge in [-0.05, 0) is 26.2 Å². The maximum atomic E-state index is 10.6. The van der Waals surface area contributed by atoms with Crippen LogP contribution < -0.4 is 0 Å². The molecule has 0 radical (unpaired) electrons. The number of hydrogen-bond acceptors (Lipinski definition) is 2. The minimum absolute atomic E-state index is 0.0321. The lowest BCUT2D eigenvalue weighted by atomic mass is 9.92. The van der Waals surface area contributed by atoms with Gasteiger partial charge < -0.3 is 9.67 Å². The Morgan fingerprint density at radius 2 is 2.43 bits per heavy atom. The van der Waals surface area contributed by atoms with Crippen molar-refractivity contribution in [2.24, 2.45) is 0 Å². The van der Waals surface area contributed by atoms with Crippen LogP contribution in [0, 0.1) is 6.92 Å². The minimum Gasteiger partial charge on any atom is -0.481 e. The first-order chi connectivity index (χ1) is 6.68. The summed E-state index contributed by atoms with van der Waals surface area (Å²) in [6.07, 6.45) is 5.35. The first-order valence-corrected chi connectivity index (χ1v) is 4.93. The standard InChI is InChI=1S/C10H14N2O2/c1-7-6-11-9(5-10(13)14)12(7)8-3-2-4-8/h6,8H,2-5H2,1H3,(H,13,14). The molecule has 1 fully saturated rings. The number of aryl methyl sites for hydroxylation is 1. The molecule has 1 N–H and O–H groups in total. The van der Waals surface area contributed by atoms with Crippen molar-refractivity contribution in [3.63, 3.8) is 0 Å². The SMILES string of the molecule is Cc1cnc(CC(=O)O)n1C1CCC1. The average Bonchev–Trinajstić information content (AvgIpc) is 2.32. The topological polar surface area (TPSA) is 55.1 Å². The molecular formula is C10H14N2O2. The highest BCUT2D eigenvalue weighted by molar-refractivity contribution is 5.69. The number of imidazole rings is 1. The number of nitrogens with zero attached hydrogens (tertiary/aromatic N) is 2. The van der Waals surface area contributed by atoms with E-state index in [9.17, 15) is 4.79 Å². The van der Waals surface area contributed by atoms with Crippen LogP contribution in [-0.4, -0.2) is 20.6 Å². The van der Waals surface area contributed by atoms with Crippen LogP contribution in [0.15, 0.2) is 6.20 Å². The lowest BCUT2D eigenvalue weighted by molar-refractivity contribution is -0.136. The van der Waals surface area contributed by atoms with Crippen LogP contribution in [0.3, 0.4) is 0 Å². The van der Waals surface area contributed by atoms with E-state index in [0.29, 0.717) is 11.9 Å². The van der Waals surface area contributed by atoms with E-state index in [4.69, 9.17) is 5.11 Å². The molecule has 4 heteroatoms. The lowest BCUT2D eigenvalue weighted by Crippen LogP contribution is -2.21. The molecule has 1 aliphatic rings. The lowest BCUT2D eigenvalue weighted by Gasteiger charge is -2.29. The highest BCUT2D eigenvalue weighted by atomic mass is 16.4. The van der Waals surface area contributed by atoms with E-state index in [2.05, 4.69) is 9.55 Å². The third kappa shape index (κ3) is 1.52. The second-order valence-electron chi connectivity index (χ2n) is 3.84. The summed E-state index contributed by atoms with van der Waals surface area (Å²) in [7, 11) is 0. The van der Waals surface area contributed by atoms with Crippen LogP contribution in [0.5, 0.6) is 0 Å². The summed E-state index contributed by atoms with van der Waals surface area (Å²) in [5, 5.41) is 8.72. The molecule has 1 saturated carbocycles. The Morgan fingerprint density at radius 3 is 2.93 bits per heavy atom. The van der Waals surface area contributed by atoms with Gasteiger partial charge in [0, 0.05) is 17.9 Å². The van der Waals surface area contributed by atoms with Gasteiger partial charge in [0.2, 0.25) is 0 Å². The van der Waals surface area contributed by atoms with Gasteiger partial charge in [0.1, 0.15) is 12.2 Å². The number of carboxylic acid groups (broad SMARTS) is 1. The maximum Gasteiger partial charge on any atom is 0.311 e. The van der Waals surface area contributed by atoms with Gasteiger partial charge in [-0.2, -0.15) is 0 Å². The Balaban J connectivity index is 2.25. The van der Waals surface area contributed by atoms with Crippen molar-refractivity contribution in [3.05, 3.63) is 17.7 Å². The summed E-state index contributed by atoms with van der Waals surface area (Å²) < 4.78 is 2.08. The molecule has 0 aromatic carbocycles. The van der Waals surface area contributed by atoms with Crippen LogP contribution in [0.4, 0.5) is 0 Å². The monoisotopic (exact) mass is 194 g/mol. The molecule has 1 aromatic rings. The number of hydrogen-bond donors (Lipinski definition) is 1. The van der Waals surface area contributed by atoms with Crippen LogP contribution in [0.25, 0.3) is 0 Å². The van der Waals surface area contributed by atoms with Crippen LogP contribution in [0.2, 0.25) is 0 Å². The summed E-state index contributed by atoms with van der Waals surface area (Å²) >= 11 is 0. The Labute approximate surface area is 82.6 Å². The summed E-state index contributed by atoms with van der Waals surface area (Å²) in [6, 6.07) is 0.492. The smallest absolute Gasteiger partial charge is 0.311 e. The fourth-order valence-electron chi connectivity index (χ4n) is 1.91. The molecule has 0 saturated heterocycles. The van der Waals surface area contributed by atoms with E-state index in [1.807, 2.05) is 6.92 Å². The number of aromatic nitrogens is 2. The molecule has 76 valence electrons. The van der Waals surface area contributed by atoms with Gasteiger partial charge in [0.25, 0.3) is 0 Å². The Hall–Kier alpha value is -1.32. The third-order valence-electron chi connectivity index (χ3n) is 2.81. The predicted molar refractivity (Wildman–Crippen MR) is 51.2 cm³/mol. The van der Waals surface area contributed by atoms with E-state index in [0.717, 1.165) is 18.5 Å².